The second-order valence-corrected chi connectivity index (χ2v) is 4.24. The first-order valence-corrected chi connectivity index (χ1v) is 5.93. The van der Waals surface area contributed by atoms with Crippen LogP contribution in [0.5, 0.6) is 0 Å². The lowest BCUT2D eigenvalue weighted by Gasteiger charge is -2.36. The van der Waals surface area contributed by atoms with Crippen LogP contribution in [0.25, 0.3) is 0 Å². The molecule has 0 spiro atoms. The maximum absolute atomic E-state index is 10.4. The molecule has 0 saturated heterocycles. The van der Waals surface area contributed by atoms with E-state index in [0.29, 0.717) is 0 Å². The Bertz CT molecular complexity index is 266. The van der Waals surface area contributed by atoms with Gasteiger partial charge in [-0.3, -0.25) is 0 Å². The molecular weight excluding hydrogens is 184 g/mol. The van der Waals surface area contributed by atoms with E-state index in [1.54, 1.807) is 0 Å². The number of hydrogen-bond donors (Lipinski definition) is 1. The Morgan fingerprint density at radius 1 is 1.00 bits per heavy atom. The van der Waals surface area contributed by atoms with Crippen LogP contribution in [0.3, 0.4) is 0 Å². The average Bonchev–Trinajstić information content (AvgIpc) is 2.33. The summed E-state index contributed by atoms with van der Waals surface area (Å²) < 4.78 is 0. The van der Waals surface area contributed by atoms with Crippen molar-refractivity contribution in [2.75, 3.05) is 0 Å². The van der Waals surface area contributed by atoms with Crippen LogP contribution in [0.2, 0.25) is 0 Å². The fourth-order valence-corrected chi connectivity index (χ4v) is 2.32. The van der Waals surface area contributed by atoms with E-state index >= 15 is 0 Å². The van der Waals surface area contributed by atoms with Crippen molar-refractivity contribution in [3.05, 3.63) is 35.9 Å². The van der Waals surface area contributed by atoms with Gasteiger partial charge in [-0.25, -0.2) is 0 Å². The van der Waals surface area contributed by atoms with E-state index in [9.17, 15) is 5.11 Å². The van der Waals surface area contributed by atoms with Crippen molar-refractivity contribution in [3.63, 3.8) is 0 Å². The smallest absolute Gasteiger partial charge is 0.0845 e. The van der Waals surface area contributed by atoms with Crippen molar-refractivity contribution in [2.24, 2.45) is 5.41 Å². The van der Waals surface area contributed by atoms with Gasteiger partial charge in [0.15, 0.2) is 0 Å². The van der Waals surface area contributed by atoms with Gasteiger partial charge in [-0.1, -0.05) is 51.1 Å². The minimum atomic E-state index is -0.335. The molecule has 1 rings (SSSR count). The van der Waals surface area contributed by atoms with Crippen LogP contribution in [-0.4, -0.2) is 5.11 Å². The third-order valence-electron chi connectivity index (χ3n) is 3.81. The highest BCUT2D eigenvalue weighted by Crippen LogP contribution is 2.42. The molecule has 0 fully saturated rings. The molecule has 1 aromatic carbocycles. The Morgan fingerprint density at radius 3 is 1.87 bits per heavy atom. The van der Waals surface area contributed by atoms with Gasteiger partial charge in [0.1, 0.15) is 0 Å². The Hall–Kier alpha value is -0.820. The van der Waals surface area contributed by atoms with Gasteiger partial charge >= 0.3 is 0 Å². The third-order valence-corrected chi connectivity index (χ3v) is 3.81. The maximum Gasteiger partial charge on any atom is 0.0845 e. The first kappa shape index (κ1) is 12.3. The summed E-state index contributed by atoms with van der Waals surface area (Å²) in [5, 5.41) is 10.4. The van der Waals surface area contributed by atoms with Gasteiger partial charge in [0.05, 0.1) is 6.10 Å². The summed E-state index contributed by atoms with van der Waals surface area (Å²) in [6.45, 7) is 6.50. The summed E-state index contributed by atoms with van der Waals surface area (Å²) in [7, 11) is 0. The molecule has 0 saturated carbocycles. The van der Waals surface area contributed by atoms with Crippen LogP contribution < -0.4 is 0 Å². The standard InChI is InChI=1S/C14H22O/c1-4-14(5-2,6-3)13(15)12-10-8-7-9-11-12/h7-11,13,15H,4-6H2,1-3H3. The molecule has 0 amide bonds. The van der Waals surface area contributed by atoms with Gasteiger partial charge < -0.3 is 5.11 Å². The summed E-state index contributed by atoms with van der Waals surface area (Å²) in [6, 6.07) is 10.00. The monoisotopic (exact) mass is 206 g/mol. The lowest BCUT2D eigenvalue weighted by molar-refractivity contribution is 0.0124. The largest absolute Gasteiger partial charge is 0.388 e. The summed E-state index contributed by atoms with van der Waals surface area (Å²) >= 11 is 0. The van der Waals surface area contributed by atoms with Crippen molar-refractivity contribution in [1.29, 1.82) is 0 Å². The number of hydrogen-bond acceptors (Lipinski definition) is 1. The van der Waals surface area contributed by atoms with Gasteiger partial charge in [0, 0.05) is 0 Å². The highest BCUT2D eigenvalue weighted by atomic mass is 16.3. The van der Waals surface area contributed by atoms with Crippen molar-refractivity contribution in [2.45, 2.75) is 46.1 Å². The van der Waals surface area contributed by atoms with Gasteiger partial charge in [-0.15, -0.1) is 0 Å². The second-order valence-electron chi connectivity index (χ2n) is 4.24. The Balaban J connectivity index is 2.95. The lowest BCUT2D eigenvalue weighted by atomic mass is 9.72. The van der Waals surface area contributed by atoms with Crippen LogP contribution in [-0.2, 0) is 0 Å². The maximum atomic E-state index is 10.4. The van der Waals surface area contributed by atoms with Crippen molar-refractivity contribution in [1.82, 2.24) is 0 Å². The molecule has 1 atom stereocenters. The molecule has 15 heavy (non-hydrogen) atoms. The van der Waals surface area contributed by atoms with Crippen LogP contribution in [0.4, 0.5) is 0 Å². The van der Waals surface area contributed by atoms with E-state index in [0.717, 1.165) is 24.8 Å². The molecule has 0 aliphatic rings. The van der Waals surface area contributed by atoms with E-state index in [-0.39, 0.29) is 11.5 Å². The predicted molar refractivity (Wildman–Crippen MR) is 64.7 cm³/mol. The fourth-order valence-electron chi connectivity index (χ4n) is 2.32. The summed E-state index contributed by atoms with van der Waals surface area (Å²) in [6.07, 6.45) is 2.74. The molecule has 1 N–H and O–H groups in total. The summed E-state index contributed by atoms with van der Waals surface area (Å²) in [5.74, 6) is 0. The molecule has 0 bridgehead atoms. The number of aliphatic hydroxyl groups is 1. The normalized spacial score (nSPS) is 13.9. The fraction of sp³-hybridized carbons (Fsp3) is 0.571. The Morgan fingerprint density at radius 2 is 1.47 bits per heavy atom. The molecule has 1 aromatic rings. The van der Waals surface area contributed by atoms with Gasteiger partial charge in [-0.05, 0) is 30.2 Å². The average molecular weight is 206 g/mol. The zero-order valence-corrected chi connectivity index (χ0v) is 10.0. The van der Waals surface area contributed by atoms with Crippen LogP contribution in [0, 0.1) is 5.41 Å². The zero-order chi connectivity index (χ0) is 11.3. The van der Waals surface area contributed by atoms with E-state index in [4.69, 9.17) is 0 Å². The molecule has 84 valence electrons. The second kappa shape index (κ2) is 5.32. The van der Waals surface area contributed by atoms with E-state index in [1.165, 1.54) is 0 Å². The van der Waals surface area contributed by atoms with Crippen molar-refractivity contribution < 1.29 is 5.11 Å². The molecule has 0 heterocycles. The van der Waals surface area contributed by atoms with E-state index in [1.807, 2.05) is 30.3 Å². The van der Waals surface area contributed by atoms with Gasteiger partial charge in [-0.2, -0.15) is 0 Å². The van der Waals surface area contributed by atoms with Crippen molar-refractivity contribution in [3.8, 4) is 0 Å². The molecule has 0 aromatic heterocycles. The molecule has 0 radical (unpaired) electrons. The molecule has 0 aliphatic heterocycles. The molecule has 1 unspecified atom stereocenters. The molecule has 0 aliphatic carbocycles. The minimum absolute atomic E-state index is 0.0430. The molecule has 1 heteroatoms. The number of aliphatic hydroxyl groups excluding tert-OH is 1. The Kier molecular flexibility index (Phi) is 4.34. The Labute approximate surface area is 93.1 Å². The van der Waals surface area contributed by atoms with E-state index < -0.39 is 0 Å². The highest BCUT2D eigenvalue weighted by Gasteiger charge is 2.33. The lowest BCUT2D eigenvalue weighted by Crippen LogP contribution is -2.26. The van der Waals surface area contributed by atoms with Crippen LogP contribution >= 0.6 is 0 Å². The van der Waals surface area contributed by atoms with Gasteiger partial charge in [0.2, 0.25) is 0 Å². The molecule has 1 nitrogen and oxygen atoms in total. The third kappa shape index (κ3) is 2.40. The first-order chi connectivity index (χ1) is 7.20. The van der Waals surface area contributed by atoms with Crippen molar-refractivity contribution >= 4 is 0 Å². The topological polar surface area (TPSA) is 20.2 Å². The van der Waals surface area contributed by atoms with Gasteiger partial charge in [0.25, 0.3) is 0 Å². The summed E-state index contributed by atoms with van der Waals surface area (Å²) in [5.41, 5.74) is 1.09. The summed E-state index contributed by atoms with van der Waals surface area (Å²) in [4.78, 5) is 0. The van der Waals surface area contributed by atoms with Crippen LogP contribution in [0.15, 0.2) is 30.3 Å². The van der Waals surface area contributed by atoms with Crippen LogP contribution in [0.1, 0.15) is 51.7 Å². The molecular formula is C14H22O. The first-order valence-electron chi connectivity index (χ1n) is 5.93. The minimum Gasteiger partial charge on any atom is -0.388 e. The SMILES string of the molecule is CCC(CC)(CC)C(O)c1ccccc1. The van der Waals surface area contributed by atoms with E-state index in [2.05, 4.69) is 20.8 Å². The number of benzene rings is 1. The quantitative estimate of drug-likeness (QED) is 0.773. The number of rotatable bonds is 5. The zero-order valence-electron chi connectivity index (χ0n) is 10.0. The highest BCUT2D eigenvalue weighted by molar-refractivity contribution is 5.19. The predicted octanol–water partition coefficient (Wildman–Crippen LogP) is 3.94.